The third-order valence-corrected chi connectivity index (χ3v) is 9.03. The molecule has 1 amide bonds. The lowest BCUT2D eigenvalue weighted by molar-refractivity contribution is -0.137. The summed E-state index contributed by atoms with van der Waals surface area (Å²) in [4.78, 5) is 13.3. The molecule has 0 saturated carbocycles. The Labute approximate surface area is 276 Å². The van der Waals surface area contributed by atoms with Crippen LogP contribution < -0.4 is 8.92 Å². The summed E-state index contributed by atoms with van der Waals surface area (Å²) in [6, 6.07) is 6.42. The van der Waals surface area contributed by atoms with Gasteiger partial charge in [0.15, 0.2) is 0 Å². The first-order valence-electron chi connectivity index (χ1n) is 14.9. The van der Waals surface area contributed by atoms with Crippen molar-refractivity contribution in [2.24, 2.45) is 0 Å². The van der Waals surface area contributed by atoms with Crippen molar-refractivity contribution < 1.29 is 62.0 Å². The van der Waals surface area contributed by atoms with Crippen LogP contribution in [0.1, 0.15) is 68.4 Å². The molecule has 0 fully saturated rings. The lowest BCUT2D eigenvalue weighted by atomic mass is 9.89. The molecule has 3 aromatic rings. The number of amides is 1. The molecule has 2 aliphatic rings. The molecule has 1 atom stereocenters. The Balaban J connectivity index is 1.43. The topological polar surface area (TPSA) is 82.1 Å². The van der Waals surface area contributed by atoms with Crippen LogP contribution in [0.3, 0.4) is 0 Å². The molecule has 0 aromatic heterocycles. The third-order valence-electron chi connectivity index (χ3n) is 7.81. The molecule has 1 heterocycles. The summed E-state index contributed by atoms with van der Waals surface area (Å²) in [5, 5.41) is 0. The van der Waals surface area contributed by atoms with Crippen molar-refractivity contribution >= 4 is 21.8 Å². The standard InChI is InChI=1S/C33H29F8NO6S/c1-32(2,3)47-31(43)42-13-11-17(12-14-42)22-16-19(33(39,40)41)7-10-24(22)46-23-6-4-5-18-15-20(8-9-21(18)23)49(44,45)48-30-28(37)26(35)25(34)27(36)29(30)38/h7-11,15-16,23H,4-6,12-14H2,1-3H3. The van der Waals surface area contributed by atoms with Crippen LogP contribution in [0, 0.1) is 29.1 Å². The second-order valence-electron chi connectivity index (χ2n) is 12.4. The van der Waals surface area contributed by atoms with Gasteiger partial charge in [-0.3, -0.25) is 0 Å². The zero-order valence-electron chi connectivity index (χ0n) is 26.2. The number of nitrogens with zero attached hydrogens (tertiary/aromatic N) is 1. The summed E-state index contributed by atoms with van der Waals surface area (Å²) in [6.07, 6.45) is -3.07. The van der Waals surface area contributed by atoms with Crippen LogP contribution in [-0.4, -0.2) is 38.1 Å². The van der Waals surface area contributed by atoms with E-state index in [0.717, 1.165) is 24.3 Å². The molecule has 0 saturated heterocycles. The Morgan fingerprint density at radius 1 is 0.878 bits per heavy atom. The number of alkyl halides is 3. The Kier molecular flexibility index (Phi) is 9.67. The van der Waals surface area contributed by atoms with Crippen LogP contribution in [0.15, 0.2) is 47.4 Å². The van der Waals surface area contributed by atoms with E-state index in [-0.39, 0.29) is 30.8 Å². The van der Waals surface area contributed by atoms with Gasteiger partial charge in [-0.05, 0) is 93.5 Å². The molecular weight excluding hydrogens is 690 g/mol. The first-order valence-corrected chi connectivity index (χ1v) is 16.3. The molecule has 1 aliphatic carbocycles. The molecule has 0 bridgehead atoms. The molecule has 1 aliphatic heterocycles. The molecule has 0 N–H and O–H groups in total. The molecule has 0 spiro atoms. The molecular formula is C33H29F8NO6S. The minimum Gasteiger partial charge on any atom is -0.485 e. The van der Waals surface area contributed by atoms with Crippen molar-refractivity contribution in [2.75, 3.05) is 13.1 Å². The number of carbonyl (C=O) groups excluding carboxylic acids is 1. The van der Waals surface area contributed by atoms with Gasteiger partial charge in [0.1, 0.15) is 22.4 Å². The van der Waals surface area contributed by atoms with Crippen LogP contribution in [0.25, 0.3) is 5.57 Å². The van der Waals surface area contributed by atoms with Crippen LogP contribution >= 0.6 is 0 Å². The number of benzene rings is 3. The number of hydrogen-bond donors (Lipinski definition) is 0. The van der Waals surface area contributed by atoms with Crippen molar-refractivity contribution in [1.29, 1.82) is 0 Å². The van der Waals surface area contributed by atoms with Crippen LogP contribution in [0.2, 0.25) is 0 Å². The highest BCUT2D eigenvalue weighted by molar-refractivity contribution is 7.87. The fourth-order valence-corrected chi connectivity index (χ4v) is 6.44. The van der Waals surface area contributed by atoms with E-state index < -0.39 is 79.4 Å². The molecule has 5 rings (SSSR count). The minimum atomic E-state index is -5.10. The van der Waals surface area contributed by atoms with E-state index in [1.54, 1.807) is 26.8 Å². The van der Waals surface area contributed by atoms with E-state index in [9.17, 15) is 48.3 Å². The maximum absolute atomic E-state index is 14.1. The predicted molar refractivity (Wildman–Crippen MR) is 159 cm³/mol. The van der Waals surface area contributed by atoms with Gasteiger partial charge in [-0.1, -0.05) is 12.1 Å². The smallest absolute Gasteiger partial charge is 0.416 e. The number of rotatable bonds is 6. The number of carbonyl (C=O) groups is 1. The van der Waals surface area contributed by atoms with E-state index in [0.29, 0.717) is 36.0 Å². The highest BCUT2D eigenvalue weighted by atomic mass is 32.2. The van der Waals surface area contributed by atoms with Crippen molar-refractivity contribution in [1.82, 2.24) is 4.90 Å². The molecule has 3 aromatic carbocycles. The Hall–Kier alpha value is -4.34. The van der Waals surface area contributed by atoms with Gasteiger partial charge >= 0.3 is 22.4 Å². The van der Waals surface area contributed by atoms with Crippen molar-refractivity contribution in [3.8, 4) is 11.5 Å². The Bertz CT molecular complexity index is 1910. The van der Waals surface area contributed by atoms with Gasteiger partial charge in [0.2, 0.25) is 34.8 Å². The molecule has 16 heteroatoms. The summed E-state index contributed by atoms with van der Waals surface area (Å²) in [5.74, 6) is -14.1. The minimum absolute atomic E-state index is 0.0799. The molecule has 49 heavy (non-hydrogen) atoms. The molecule has 1 unspecified atom stereocenters. The Morgan fingerprint density at radius 2 is 1.53 bits per heavy atom. The summed E-state index contributed by atoms with van der Waals surface area (Å²) in [5.41, 5.74) is -0.158. The number of hydrogen-bond acceptors (Lipinski definition) is 6. The fourth-order valence-electron chi connectivity index (χ4n) is 5.46. The second kappa shape index (κ2) is 13.2. The summed E-state index contributed by atoms with van der Waals surface area (Å²) >= 11 is 0. The highest BCUT2D eigenvalue weighted by Gasteiger charge is 2.35. The van der Waals surface area contributed by atoms with Crippen LogP contribution in [0.5, 0.6) is 11.5 Å². The lowest BCUT2D eigenvalue weighted by Gasteiger charge is -2.31. The number of fused-ring (bicyclic) bond motifs is 1. The number of aryl methyl sites for hydroxylation is 1. The van der Waals surface area contributed by atoms with Crippen molar-refractivity contribution in [3.05, 3.63) is 93.8 Å². The van der Waals surface area contributed by atoms with Crippen LogP contribution in [0.4, 0.5) is 39.9 Å². The fraction of sp³-hybridized carbons (Fsp3) is 0.364. The summed E-state index contributed by atoms with van der Waals surface area (Å²) < 4.78 is 152. The Morgan fingerprint density at radius 3 is 2.12 bits per heavy atom. The summed E-state index contributed by atoms with van der Waals surface area (Å²) in [6.45, 7) is 5.38. The first-order chi connectivity index (χ1) is 22.8. The number of ether oxygens (including phenoxy) is 2. The van der Waals surface area contributed by atoms with Gasteiger partial charge in [0.05, 0.1) is 5.56 Å². The first kappa shape index (κ1) is 36.0. The molecule has 7 nitrogen and oxygen atoms in total. The van der Waals surface area contributed by atoms with E-state index in [1.165, 1.54) is 17.0 Å². The molecule has 0 radical (unpaired) electrons. The van der Waals surface area contributed by atoms with E-state index in [2.05, 4.69) is 4.18 Å². The SMILES string of the molecule is CC(C)(C)OC(=O)N1CC=C(c2cc(C(F)(F)F)ccc2OC2CCCc3cc(S(=O)(=O)Oc4c(F)c(F)c(F)c(F)c4F)ccc32)CC1. The van der Waals surface area contributed by atoms with E-state index in [4.69, 9.17) is 9.47 Å². The zero-order chi connectivity index (χ0) is 36.1. The van der Waals surface area contributed by atoms with E-state index in [1.807, 2.05) is 0 Å². The second-order valence-corrected chi connectivity index (χ2v) is 14.0. The highest BCUT2D eigenvalue weighted by Crippen LogP contribution is 2.41. The zero-order valence-corrected chi connectivity index (χ0v) is 27.0. The lowest BCUT2D eigenvalue weighted by Crippen LogP contribution is -2.39. The average Bonchev–Trinajstić information content (AvgIpc) is 3.03. The normalized spacial score (nSPS) is 16.9. The molecule has 264 valence electrons. The monoisotopic (exact) mass is 719 g/mol. The quantitative estimate of drug-likeness (QED) is 0.110. The van der Waals surface area contributed by atoms with E-state index >= 15 is 0 Å². The van der Waals surface area contributed by atoms with Gasteiger partial charge in [0, 0.05) is 18.7 Å². The summed E-state index contributed by atoms with van der Waals surface area (Å²) in [7, 11) is -5.10. The van der Waals surface area contributed by atoms with Gasteiger partial charge in [-0.2, -0.15) is 30.4 Å². The maximum Gasteiger partial charge on any atom is 0.416 e. The van der Waals surface area contributed by atoms with Gasteiger partial charge < -0.3 is 18.6 Å². The largest absolute Gasteiger partial charge is 0.485 e. The third kappa shape index (κ3) is 7.63. The van der Waals surface area contributed by atoms with Crippen molar-refractivity contribution in [3.63, 3.8) is 0 Å². The maximum atomic E-state index is 14.1. The van der Waals surface area contributed by atoms with Gasteiger partial charge in [0.25, 0.3) is 0 Å². The van der Waals surface area contributed by atoms with Crippen molar-refractivity contribution in [2.45, 2.75) is 69.2 Å². The number of halogens is 8. The van der Waals surface area contributed by atoms with Gasteiger partial charge in [-0.15, -0.1) is 0 Å². The predicted octanol–water partition coefficient (Wildman–Crippen LogP) is 8.65. The van der Waals surface area contributed by atoms with Gasteiger partial charge in [-0.25, -0.2) is 18.0 Å². The average molecular weight is 720 g/mol. The van der Waals surface area contributed by atoms with Crippen LogP contribution in [-0.2, 0) is 27.5 Å².